The molecule has 0 atom stereocenters. The van der Waals surface area contributed by atoms with Crippen molar-refractivity contribution >= 4 is 31.1 Å². The second-order valence-corrected chi connectivity index (χ2v) is 8.68. The fourth-order valence-electron chi connectivity index (χ4n) is 1.92. The molecule has 7 heteroatoms. The fraction of sp³-hybridized carbons (Fsp3) is 0.357. The Balaban J connectivity index is 2.23. The van der Waals surface area contributed by atoms with Crippen molar-refractivity contribution < 1.29 is 13.2 Å². The molecule has 0 N–H and O–H groups in total. The highest BCUT2D eigenvalue weighted by molar-refractivity contribution is 8.13. The molecule has 0 amide bonds. The number of rotatable bonds is 4. The van der Waals surface area contributed by atoms with Gasteiger partial charge in [0.05, 0.1) is 10.6 Å². The molecule has 21 heavy (non-hydrogen) atoms. The highest BCUT2D eigenvalue weighted by atomic mass is 35.7. The van der Waals surface area contributed by atoms with Crippen LogP contribution in [0.5, 0.6) is 5.75 Å². The standard InChI is InChI=1S/C14H16ClNO3S2/c1-8-6-13(21(15,17)18)9(2)5-12(8)19-7-14-16-10(3)11(4)20-14/h5-6H,7H2,1-4H3. The molecule has 0 spiro atoms. The van der Waals surface area contributed by atoms with Crippen molar-refractivity contribution in [3.05, 3.63) is 38.8 Å². The van der Waals surface area contributed by atoms with Crippen molar-refractivity contribution in [2.45, 2.75) is 39.2 Å². The molecule has 2 rings (SSSR count). The Kier molecular flexibility index (Phi) is 4.60. The smallest absolute Gasteiger partial charge is 0.261 e. The molecule has 0 saturated carbocycles. The van der Waals surface area contributed by atoms with Gasteiger partial charge in [0.2, 0.25) is 0 Å². The summed E-state index contributed by atoms with van der Waals surface area (Å²) in [6.07, 6.45) is 0. The number of aromatic nitrogens is 1. The summed E-state index contributed by atoms with van der Waals surface area (Å²) in [5, 5.41) is 0.899. The van der Waals surface area contributed by atoms with Crippen molar-refractivity contribution in [3.63, 3.8) is 0 Å². The lowest BCUT2D eigenvalue weighted by Gasteiger charge is -2.11. The number of benzene rings is 1. The highest BCUT2D eigenvalue weighted by Gasteiger charge is 2.16. The molecule has 0 radical (unpaired) electrons. The molecule has 0 unspecified atom stereocenters. The van der Waals surface area contributed by atoms with Crippen LogP contribution in [0.1, 0.15) is 26.7 Å². The first-order valence-corrected chi connectivity index (χ1v) is 9.42. The molecule has 0 saturated heterocycles. The van der Waals surface area contributed by atoms with E-state index in [9.17, 15) is 8.42 Å². The summed E-state index contributed by atoms with van der Waals surface area (Å²) in [5.74, 6) is 0.641. The maximum atomic E-state index is 11.5. The van der Waals surface area contributed by atoms with Crippen molar-refractivity contribution in [2.75, 3.05) is 0 Å². The van der Waals surface area contributed by atoms with Crippen LogP contribution in [-0.4, -0.2) is 13.4 Å². The molecule has 0 fully saturated rings. The Morgan fingerprint density at radius 1 is 1.19 bits per heavy atom. The van der Waals surface area contributed by atoms with Crippen LogP contribution in [-0.2, 0) is 15.7 Å². The summed E-state index contributed by atoms with van der Waals surface area (Å²) in [7, 11) is 1.67. The second-order valence-electron chi connectivity index (χ2n) is 4.86. The lowest BCUT2D eigenvalue weighted by atomic mass is 10.1. The van der Waals surface area contributed by atoms with Crippen molar-refractivity contribution in [1.29, 1.82) is 0 Å². The first-order chi connectivity index (χ1) is 9.68. The molecule has 0 aliphatic heterocycles. The fourth-order valence-corrected chi connectivity index (χ4v) is 4.03. The largest absolute Gasteiger partial charge is 0.486 e. The monoisotopic (exact) mass is 345 g/mol. The van der Waals surface area contributed by atoms with E-state index in [4.69, 9.17) is 15.4 Å². The molecule has 4 nitrogen and oxygen atoms in total. The van der Waals surface area contributed by atoms with E-state index in [0.29, 0.717) is 17.9 Å². The second kappa shape index (κ2) is 5.94. The zero-order chi connectivity index (χ0) is 15.8. The quantitative estimate of drug-likeness (QED) is 0.789. The average molecular weight is 346 g/mol. The molecular weight excluding hydrogens is 330 g/mol. The molecule has 1 aromatic carbocycles. The number of thiazole rings is 1. The summed E-state index contributed by atoms with van der Waals surface area (Å²) in [5.41, 5.74) is 2.30. The van der Waals surface area contributed by atoms with Gasteiger partial charge in [0, 0.05) is 15.6 Å². The molecule has 1 heterocycles. The van der Waals surface area contributed by atoms with Gasteiger partial charge in [0.15, 0.2) is 0 Å². The summed E-state index contributed by atoms with van der Waals surface area (Å²) >= 11 is 1.60. The predicted octanol–water partition coefficient (Wildman–Crippen LogP) is 3.88. The number of hydrogen-bond acceptors (Lipinski definition) is 5. The van der Waals surface area contributed by atoms with Crippen LogP contribution < -0.4 is 4.74 Å². The molecular formula is C14H16ClNO3S2. The predicted molar refractivity (Wildman–Crippen MR) is 84.9 cm³/mol. The molecule has 0 bridgehead atoms. The van der Waals surface area contributed by atoms with Gasteiger partial charge in [-0.1, -0.05) is 0 Å². The Bertz CT molecular complexity index is 762. The SMILES string of the molecule is Cc1cc(S(=O)(=O)Cl)c(C)cc1OCc1nc(C)c(C)s1. The third kappa shape index (κ3) is 3.75. The van der Waals surface area contributed by atoms with Crippen molar-refractivity contribution in [1.82, 2.24) is 4.98 Å². The minimum Gasteiger partial charge on any atom is -0.486 e. The van der Waals surface area contributed by atoms with Crippen LogP contribution in [0.2, 0.25) is 0 Å². The summed E-state index contributed by atoms with van der Waals surface area (Å²) in [4.78, 5) is 5.70. The Morgan fingerprint density at radius 2 is 1.86 bits per heavy atom. The van der Waals surface area contributed by atoms with E-state index in [1.165, 1.54) is 10.9 Å². The third-order valence-electron chi connectivity index (χ3n) is 3.16. The van der Waals surface area contributed by atoms with Gasteiger partial charge in [0.25, 0.3) is 9.05 Å². The van der Waals surface area contributed by atoms with Crippen molar-refractivity contribution in [3.8, 4) is 5.75 Å². The van der Waals surface area contributed by atoms with Gasteiger partial charge in [-0.15, -0.1) is 11.3 Å². The third-order valence-corrected chi connectivity index (χ3v) is 5.67. The van der Waals surface area contributed by atoms with Gasteiger partial charge in [-0.2, -0.15) is 0 Å². The van der Waals surface area contributed by atoms with E-state index >= 15 is 0 Å². The zero-order valence-corrected chi connectivity index (χ0v) is 14.6. The van der Waals surface area contributed by atoms with Crippen LogP contribution >= 0.6 is 22.0 Å². The van der Waals surface area contributed by atoms with E-state index < -0.39 is 9.05 Å². The topological polar surface area (TPSA) is 56.3 Å². The minimum atomic E-state index is -3.74. The normalized spacial score (nSPS) is 11.7. The first-order valence-electron chi connectivity index (χ1n) is 6.30. The number of halogens is 1. The number of nitrogens with zero attached hydrogens (tertiary/aromatic N) is 1. The van der Waals surface area contributed by atoms with Crippen LogP contribution in [0.4, 0.5) is 0 Å². The lowest BCUT2D eigenvalue weighted by molar-refractivity contribution is 0.303. The number of hydrogen-bond donors (Lipinski definition) is 0. The van der Waals surface area contributed by atoms with Gasteiger partial charge in [0.1, 0.15) is 17.4 Å². The van der Waals surface area contributed by atoms with Gasteiger partial charge < -0.3 is 4.74 Å². The molecule has 114 valence electrons. The van der Waals surface area contributed by atoms with E-state index in [0.717, 1.165) is 16.3 Å². The maximum Gasteiger partial charge on any atom is 0.261 e. The Hall–Kier alpha value is -1.11. The Morgan fingerprint density at radius 3 is 2.38 bits per heavy atom. The first kappa shape index (κ1) is 16.3. The van der Waals surface area contributed by atoms with Gasteiger partial charge in [-0.3, -0.25) is 0 Å². The number of aryl methyl sites for hydroxylation is 4. The molecule has 0 aliphatic rings. The molecule has 1 aromatic heterocycles. The van der Waals surface area contributed by atoms with Crippen LogP contribution in [0.15, 0.2) is 17.0 Å². The van der Waals surface area contributed by atoms with E-state index in [2.05, 4.69) is 4.98 Å². The van der Waals surface area contributed by atoms with Crippen LogP contribution in [0.25, 0.3) is 0 Å². The highest BCUT2D eigenvalue weighted by Crippen LogP contribution is 2.29. The maximum absolute atomic E-state index is 11.5. The molecule has 0 aliphatic carbocycles. The van der Waals surface area contributed by atoms with E-state index in [-0.39, 0.29) is 4.90 Å². The lowest BCUT2D eigenvalue weighted by Crippen LogP contribution is -2.01. The van der Waals surface area contributed by atoms with Gasteiger partial charge >= 0.3 is 0 Å². The van der Waals surface area contributed by atoms with Gasteiger partial charge in [-0.05, 0) is 51.0 Å². The van der Waals surface area contributed by atoms with Crippen LogP contribution in [0.3, 0.4) is 0 Å². The van der Waals surface area contributed by atoms with Gasteiger partial charge in [-0.25, -0.2) is 13.4 Å². The van der Waals surface area contributed by atoms with E-state index in [1.54, 1.807) is 31.3 Å². The minimum absolute atomic E-state index is 0.120. The summed E-state index contributed by atoms with van der Waals surface area (Å²) in [6, 6.07) is 3.23. The summed E-state index contributed by atoms with van der Waals surface area (Å²) in [6.45, 7) is 7.83. The van der Waals surface area contributed by atoms with Crippen molar-refractivity contribution in [2.24, 2.45) is 0 Å². The molecule has 2 aromatic rings. The van der Waals surface area contributed by atoms with E-state index in [1.807, 2.05) is 13.8 Å². The summed E-state index contributed by atoms with van der Waals surface area (Å²) < 4.78 is 28.7. The average Bonchev–Trinajstić information content (AvgIpc) is 2.68. The zero-order valence-electron chi connectivity index (χ0n) is 12.2. The number of ether oxygens (including phenoxy) is 1. The van der Waals surface area contributed by atoms with Crippen LogP contribution in [0, 0.1) is 27.7 Å². The Labute approximate surface area is 133 Å².